The van der Waals surface area contributed by atoms with Gasteiger partial charge in [-0.3, -0.25) is 24.1 Å². The van der Waals surface area contributed by atoms with Gasteiger partial charge in [0.2, 0.25) is 11.8 Å². The number of Topliss-reactive ketones (excluding diaryl/α,β-unsaturated/α-hetero) is 1. The Balaban J connectivity index is 0.000000169. The van der Waals surface area contributed by atoms with Crippen molar-refractivity contribution in [1.82, 2.24) is 23.9 Å². The molecule has 302 valence electrons. The normalized spacial score (nSPS) is 25.0. The number of halogens is 2. The third kappa shape index (κ3) is 8.89. The number of hydrogen-bond donors (Lipinski definition) is 2. The highest BCUT2D eigenvalue weighted by molar-refractivity contribution is 8.93. The number of nitrogens with two attached hydrogens (primary N) is 1. The number of carbonyl (C=O) groups is 4. The molecular formula is C41H52BrClN6O7. The Kier molecular flexibility index (Phi) is 14.2. The highest BCUT2D eigenvalue weighted by atomic mass is 79.9. The molecule has 4 aromatic rings. The molecule has 0 saturated carbocycles. The van der Waals surface area contributed by atoms with Crippen LogP contribution in [-0.4, -0.2) is 110 Å². The fourth-order valence-corrected chi connectivity index (χ4v) is 8.77. The number of imidazole rings is 1. The second-order valence-electron chi connectivity index (χ2n) is 15.1. The number of ketones is 1. The van der Waals surface area contributed by atoms with Crippen LogP contribution in [0, 0.1) is 12.8 Å². The minimum absolute atomic E-state index is 0. The highest BCUT2D eigenvalue weighted by Gasteiger charge is 2.62. The van der Waals surface area contributed by atoms with Crippen molar-refractivity contribution in [3.63, 3.8) is 0 Å². The van der Waals surface area contributed by atoms with Gasteiger partial charge in [0, 0.05) is 92.0 Å². The van der Waals surface area contributed by atoms with E-state index in [1.807, 2.05) is 55.6 Å². The zero-order chi connectivity index (χ0) is 38.1. The van der Waals surface area contributed by atoms with Gasteiger partial charge in [0.05, 0.1) is 13.2 Å². The number of aromatic nitrogens is 3. The number of nitrogens with zero attached hydrogens (tertiary/aromatic N) is 5. The predicted octanol–water partition coefficient (Wildman–Crippen LogP) is 4.14. The second kappa shape index (κ2) is 18.5. The fourth-order valence-electron chi connectivity index (χ4n) is 8.77. The van der Waals surface area contributed by atoms with E-state index in [2.05, 4.69) is 45.2 Å². The number of para-hydroxylation sites is 1. The van der Waals surface area contributed by atoms with E-state index >= 15 is 0 Å². The number of fused-ring (bicyclic) bond motifs is 8. The summed E-state index contributed by atoms with van der Waals surface area (Å²) >= 11 is 0. The molecule has 2 aromatic carbocycles. The van der Waals surface area contributed by atoms with Crippen molar-refractivity contribution in [3.05, 3.63) is 89.6 Å². The fraction of sp³-hybridized carbons (Fsp3) is 0.488. The number of benzene rings is 2. The number of esters is 1. The molecule has 7 atom stereocenters. The van der Waals surface area contributed by atoms with Gasteiger partial charge < -0.3 is 34.3 Å². The van der Waals surface area contributed by atoms with Crippen molar-refractivity contribution in [2.24, 2.45) is 18.7 Å². The number of aliphatic hydroxyl groups is 1. The Hall–Kier alpha value is -4.08. The van der Waals surface area contributed by atoms with Gasteiger partial charge in [0.25, 0.3) is 0 Å². The lowest BCUT2D eigenvalue weighted by Gasteiger charge is -2.38. The van der Waals surface area contributed by atoms with Gasteiger partial charge in [-0.2, -0.15) is 0 Å². The van der Waals surface area contributed by atoms with E-state index in [0.29, 0.717) is 37.3 Å². The number of amides is 2. The first-order chi connectivity index (χ1) is 26.0. The first-order valence-corrected chi connectivity index (χ1v) is 18.9. The van der Waals surface area contributed by atoms with Crippen LogP contribution < -0.4 is 5.73 Å². The molecule has 2 amide bonds. The molecule has 3 N–H and O–H groups in total. The summed E-state index contributed by atoms with van der Waals surface area (Å²) in [5.74, 6) is -0.00976. The third-order valence-electron chi connectivity index (χ3n) is 11.8. The number of likely N-dealkylation sites (tertiary alicyclic amines) is 1. The van der Waals surface area contributed by atoms with E-state index < -0.39 is 11.8 Å². The SMILES string of the molecule is Br.CN1[C@@H]2CC(OC(=O)[C@H](CO)c3ccccc3)C[C@H]1[C@@H]1O[C@@H]12.Cc1nccn1CC1CCc2c(c3ccccc3n2C)C1=O.Cl.NC(=O)CN1CCCC1=O. The molecule has 4 saturated heterocycles. The van der Waals surface area contributed by atoms with Crippen LogP contribution >= 0.6 is 29.4 Å². The molecule has 4 fully saturated rings. The van der Waals surface area contributed by atoms with Gasteiger partial charge in [0.15, 0.2) is 5.78 Å². The maximum absolute atomic E-state index is 13.0. The number of likely N-dealkylation sites (N-methyl/N-ethyl adjacent to an activating group) is 1. The van der Waals surface area contributed by atoms with Gasteiger partial charge in [-0.25, -0.2) is 4.98 Å². The Morgan fingerprint density at radius 3 is 2.30 bits per heavy atom. The Labute approximate surface area is 343 Å². The maximum atomic E-state index is 13.0. The number of aryl methyl sites for hydroxylation is 2. The minimum Gasteiger partial charge on any atom is -0.462 e. The van der Waals surface area contributed by atoms with Crippen molar-refractivity contribution in [2.45, 2.75) is 88.3 Å². The van der Waals surface area contributed by atoms with E-state index in [4.69, 9.17) is 15.2 Å². The quantitative estimate of drug-likeness (QED) is 0.196. The van der Waals surface area contributed by atoms with Gasteiger partial charge in [-0.1, -0.05) is 48.5 Å². The summed E-state index contributed by atoms with van der Waals surface area (Å²) in [5.41, 5.74) is 8.98. The molecule has 0 radical (unpaired) electrons. The zero-order valence-electron chi connectivity index (χ0n) is 32.0. The van der Waals surface area contributed by atoms with Crippen LogP contribution in [0.15, 0.2) is 67.0 Å². The van der Waals surface area contributed by atoms with Crippen LogP contribution in [-0.2, 0) is 43.9 Å². The Morgan fingerprint density at radius 2 is 1.70 bits per heavy atom. The maximum Gasteiger partial charge on any atom is 0.316 e. The number of primary amides is 1. The lowest BCUT2D eigenvalue weighted by molar-refractivity contribution is -0.156. The van der Waals surface area contributed by atoms with Crippen LogP contribution in [0.4, 0.5) is 0 Å². The van der Waals surface area contributed by atoms with Crippen molar-refractivity contribution in [1.29, 1.82) is 0 Å². The summed E-state index contributed by atoms with van der Waals surface area (Å²) in [6.07, 6.45) is 9.31. The smallest absolute Gasteiger partial charge is 0.316 e. The van der Waals surface area contributed by atoms with Crippen LogP contribution in [0.1, 0.15) is 65.5 Å². The molecule has 2 bridgehead atoms. The van der Waals surface area contributed by atoms with Crippen LogP contribution in [0.25, 0.3) is 10.9 Å². The van der Waals surface area contributed by atoms with Crippen molar-refractivity contribution >= 4 is 63.9 Å². The number of hydrogen-bond acceptors (Lipinski definition) is 9. The number of ether oxygens (including phenoxy) is 2. The number of aliphatic hydroxyl groups excluding tert-OH is 1. The first-order valence-electron chi connectivity index (χ1n) is 18.9. The lowest BCUT2D eigenvalue weighted by atomic mass is 9.85. The molecule has 56 heavy (non-hydrogen) atoms. The average Bonchev–Trinajstić information content (AvgIpc) is 3.48. The van der Waals surface area contributed by atoms with Crippen molar-refractivity contribution in [2.75, 3.05) is 26.7 Å². The van der Waals surface area contributed by atoms with E-state index in [0.717, 1.165) is 66.5 Å². The molecule has 4 aliphatic heterocycles. The van der Waals surface area contributed by atoms with Crippen LogP contribution in [0.3, 0.4) is 0 Å². The van der Waals surface area contributed by atoms with E-state index in [1.54, 1.807) is 6.20 Å². The molecular weight excluding hydrogens is 804 g/mol. The number of morpholine rings is 1. The number of epoxide rings is 1. The highest BCUT2D eigenvalue weighted by Crippen LogP contribution is 2.48. The molecule has 5 aliphatic rings. The lowest BCUT2D eigenvalue weighted by Crippen LogP contribution is -2.48. The van der Waals surface area contributed by atoms with Gasteiger partial charge in [-0.05, 0) is 44.9 Å². The summed E-state index contributed by atoms with van der Waals surface area (Å²) in [6, 6.07) is 18.3. The van der Waals surface area contributed by atoms with Crippen molar-refractivity contribution < 1.29 is 33.8 Å². The molecule has 1 aliphatic carbocycles. The molecule has 0 spiro atoms. The van der Waals surface area contributed by atoms with E-state index in [9.17, 15) is 24.3 Å². The molecule has 6 heterocycles. The summed E-state index contributed by atoms with van der Waals surface area (Å²) < 4.78 is 15.6. The minimum atomic E-state index is -0.593. The molecule has 9 rings (SSSR count). The Bertz CT molecular complexity index is 2010. The third-order valence-corrected chi connectivity index (χ3v) is 11.8. The number of piperidine rings is 1. The second-order valence-corrected chi connectivity index (χ2v) is 15.1. The summed E-state index contributed by atoms with van der Waals surface area (Å²) in [6.45, 7) is 3.25. The molecule has 2 aromatic heterocycles. The zero-order valence-corrected chi connectivity index (χ0v) is 34.5. The van der Waals surface area contributed by atoms with Crippen LogP contribution in [0.2, 0.25) is 0 Å². The standard InChI is InChI=1S/C18H19N3O.C17H21NO4.C6H10N2O2.BrH.ClH/c1-12-19-9-10-21(12)11-13-7-8-16-17(18(13)22)14-5-3-4-6-15(14)20(16)2;1-18-13-7-11(8-14(18)16-15(13)22-16)21-17(20)12(9-19)10-5-3-2-4-6-10;7-5(9)4-8-3-1-2-6(8)10;;/h3-6,9-10,13H,7-8,11H2,1-2H3;2-6,11-16,19H,7-9H2,1H3;1-4H2,(H2,7,9);2*1H/t;11?,12-,13-,14+,15-,16+;;;/m.1.../s1. The van der Waals surface area contributed by atoms with Crippen LogP contribution in [0.5, 0.6) is 0 Å². The monoisotopic (exact) mass is 854 g/mol. The molecule has 15 heteroatoms. The van der Waals surface area contributed by atoms with Gasteiger partial charge in [-0.15, -0.1) is 29.4 Å². The van der Waals surface area contributed by atoms with E-state index in [-0.39, 0.29) is 72.2 Å². The Morgan fingerprint density at radius 1 is 1.02 bits per heavy atom. The molecule has 13 nitrogen and oxygen atoms in total. The summed E-state index contributed by atoms with van der Waals surface area (Å²) in [5, 5.41) is 10.7. The van der Waals surface area contributed by atoms with Gasteiger partial charge >= 0.3 is 5.97 Å². The average molecular weight is 856 g/mol. The van der Waals surface area contributed by atoms with Crippen molar-refractivity contribution in [3.8, 4) is 0 Å². The van der Waals surface area contributed by atoms with Gasteiger partial charge in [0.1, 0.15) is 30.1 Å². The molecule has 2 unspecified atom stereocenters. The van der Waals surface area contributed by atoms with E-state index in [1.165, 1.54) is 10.6 Å². The number of rotatable bonds is 8. The topological polar surface area (TPSA) is 166 Å². The summed E-state index contributed by atoms with van der Waals surface area (Å²) in [4.78, 5) is 54.7. The number of carbonyl (C=O) groups excluding carboxylic acids is 4. The largest absolute Gasteiger partial charge is 0.462 e. The predicted molar refractivity (Wildman–Crippen MR) is 218 cm³/mol. The first kappa shape index (κ1) is 43.1. The summed E-state index contributed by atoms with van der Waals surface area (Å²) in [7, 11) is 4.19.